The Balaban J connectivity index is 2.62. The minimum atomic E-state index is -0.984. The molecule has 112 valence electrons. The zero-order valence-corrected chi connectivity index (χ0v) is 12.6. The third-order valence-electron chi connectivity index (χ3n) is 3.51. The summed E-state index contributed by atoms with van der Waals surface area (Å²) in [4.78, 5) is 29.3. The molecular weight excluding hydrogens is 270 g/mol. The summed E-state index contributed by atoms with van der Waals surface area (Å²) >= 11 is 0. The number of nitrogens with zero attached hydrogens (tertiary/aromatic N) is 3. The van der Waals surface area contributed by atoms with Gasteiger partial charge in [0.25, 0.3) is 0 Å². The van der Waals surface area contributed by atoms with Crippen LogP contribution in [0.4, 0.5) is 0 Å². The van der Waals surface area contributed by atoms with Crippen LogP contribution in [0.5, 0.6) is 0 Å². The minimum Gasteiger partial charge on any atom is -0.478 e. The van der Waals surface area contributed by atoms with E-state index in [2.05, 4.69) is 4.98 Å². The van der Waals surface area contributed by atoms with Gasteiger partial charge in [-0.3, -0.25) is 4.79 Å². The van der Waals surface area contributed by atoms with Gasteiger partial charge < -0.3 is 14.6 Å². The van der Waals surface area contributed by atoms with Crippen molar-refractivity contribution in [2.45, 2.75) is 26.3 Å². The van der Waals surface area contributed by atoms with Crippen LogP contribution in [0.1, 0.15) is 36.1 Å². The van der Waals surface area contributed by atoms with Crippen LogP contribution in [0.25, 0.3) is 11.0 Å². The largest absolute Gasteiger partial charge is 0.478 e. The van der Waals surface area contributed by atoms with Gasteiger partial charge in [0.2, 0.25) is 5.91 Å². The van der Waals surface area contributed by atoms with Crippen molar-refractivity contribution in [1.29, 1.82) is 0 Å². The number of carboxylic acids is 1. The van der Waals surface area contributed by atoms with Gasteiger partial charge in [-0.2, -0.15) is 0 Å². The van der Waals surface area contributed by atoms with Gasteiger partial charge in [0.15, 0.2) is 0 Å². The van der Waals surface area contributed by atoms with E-state index < -0.39 is 5.97 Å². The van der Waals surface area contributed by atoms with Crippen molar-refractivity contribution in [2.75, 3.05) is 14.1 Å². The number of fused-ring (bicyclic) bond motifs is 1. The first-order chi connectivity index (χ1) is 9.86. The maximum Gasteiger partial charge on any atom is 0.335 e. The van der Waals surface area contributed by atoms with Crippen LogP contribution in [-0.4, -0.2) is 45.5 Å². The van der Waals surface area contributed by atoms with E-state index in [1.54, 1.807) is 31.1 Å². The number of hydrogen-bond donors (Lipinski definition) is 1. The summed E-state index contributed by atoms with van der Waals surface area (Å²) in [5.41, 5.74) is 1.58. The highest BCUT2D eigenvalue weighted by atomic mass is 16.4. The lowest BCUT2D eigenvalue weighted by atomic mass is 10.2. The number of carbonyl (C=O) groups is 2. The molecule has 0 aliphatic heterocycles. The molecule has 1 atom stereocenters. The number of carbonyl (C=O) groups excluding carboxylic acids is 1. The summed E-state index contributed by atoms with van der Waals surface area (Å²) in [6.45, 7) is 3.79. The van der Waals surface area contributed by atoms with Crippen molar-refractivity contribution in [3.63, 3.8) is 0 Å². The third kappa shape index (κ3) is 2.61. The Hall–Kier alpha value is -2.37. The highest BCUT2D eigenvalue weighted by molar-refractivity contribution is 5.93. The fourth-order valence-corrected chi connectivity index (χ4v) is 2.45. The van der Waals surface area contributed by atoms with Crippen molar-refractivity contribution in [1.82, 2.24) is 14.5 Å². The summed E-state index contributed by atoms with van der Waals surface area (Å²) < 4.78 is 1.88. The number of aromatic carboxylic acids is 1. The second kappa shape index (κ2) is 5.55. The van der Waals surface area contributed by atoms with Gasteiger partial charge in [-0.1, -0.05) is 6.92 Å². The molecule has 0 radical (unpaired) electrons. The van der Waals surface area contributed by atoms with E-state index in [-0.39, 0.29) is 17.5 Å². The lowest BCUT2D eigenvalue weighted by Gasteiger charge is -2.20. The number of hydrogen-bond acceptors (Lipinski definition) is 3. The van der Waals surface area contributed by atoms with Gasteiger partial charge in [0.1, 0.15) is 11.9 Å². The van der Waals surface area contributed by atoms with Crippen molar-refractivity contribution in [3.05, 3.63) is 29.6 Å². The SMILES string of the molecule is CCc1nc2cc(C(=O)O)ccc2n1C(C)C(=O)N(C)C. The lowest BCUT2D eigenvalue weighted by Crippen LogP contribution is -2.30. The normalized spacial score (nSPS) is 12.4. The summed E-state index contributed by atoms with van der Waals surface area (Å²) in [5.74, 6) is -0.233. The number of aromatic nitrogens is 2. The first-order valence-corrected chi connectivity index (χ1v) is 6.82. The van der Waals surface area contributed by atoms with Crippen LogP contribution in [0.3, 0.4) is 0 Å². The fraction of sp³-hybridized carbons (Fsp3) is 0.400. The Kier molecular flexibility index (Phi) is 3.97. The Labute approximate surface area is 123 Å². The molecule has 1 aromatic carbocycles. The molecule has 6 heteroatoms. The number of likely N-dealkylation sites (N-methyl/N-ethyl adjacent to an activating group) is 1. The van der Waals surface area contributed by atoms with E-state index in [1.807, 2.05) is 18.4 Å². The van der Waals surface area contributed by atoms with E-state index in [1.165, 1.54) is 6.07 Å². The number of rotatable bonds is 4. The van der Waals surface area contributed by atoms with Crippen molar-refractivity contribution >= 4 is 22.9 Å². The Morgan fingerprint density at radius 2 is 2.05 bits per heavy atom. The molecule has 21 heavy (non-hydrogen) atoms. The maximum absolute atomic E-state index is 12.2. The number of carboxylic acid groups (broad SMARTS) is 1. The zero-order chi connectivity index (χ0) is 15.7. The Morgan fingerprint density at radius 1 is 1.38 bits per heavy atom. The highest BCUT2D eigenvalue weighted by Gasteiger charge is 2.22. The van der Waals surface area contributed by atoms with Crippen molar-refractivity contribution < 1.29 is 14.7 Å². The minimum absolute atomic E-state index is 0.0219. The molecule has 2 rings (SSSR count). The molecule has 0 fully saturated rings. The van der Waals surface area contributed by atoms with Gasteiger partial charge in [-0.05, 0) is 25.1 Å². The molecule has 0 bridgehead atoms. The third-order valence-corrected chi connectivity index (χ3v) is 3.51. The molecule has 1 aromatic heterocycles. The first kappa shape index (κ1) is 15.0. The number of benzene rings is 1. The molecule has 2 aromatic rings. The lowest BCUT2D eigenvalue weighted by molar-refractivity contribution is -0.131. The molecule has 0 aliphatic carbocycles. The molecule has 1 N–H and O–H groups in total. The number of imidazole rings is 1. The second-order valence-corrected chi connectivity index (χ2v) is 5.17. The van der Waals surface area contributed by atoms with Crippen LogP contribution >= 0.6 is 0 Å². The molecule has 0 saturated carbocycles. The molecule has 0 spiro atoms. The average molecular weight is 289 g/mol. The summed E-state index contributed by atoms with van der Waals surface area (Å²) in [6, 6.07) is 4.41. The van der Waals surface area contributed by atoms with Crippen LogP contribution in [-0.2, 0) is 11.2 Å². The monoisotopic (exact) mass is 289 g/mol. The molecule has 6 nitrogen and oxygen atoms in total. The van der Waals surface area contributed by atoms with Gasteiger partial charge in [-0.25, -0.2) is 9.78 Å². The maximum atomic E-state index is 12.2. The molecule has 0 saturated heterocycles. The topological polar surface area (TPSA) is 75.4 Å². The van der Waals surface area contributed by atoms with Crippen LogP contribution in [0, 0.1) is 0 Å². The summed E-state index contributed by atoms with van der Waals surface area (Å²) in [5, 5.41) is 9.05. The second-order valence-electron chi connectivity index (χ2n) is 5.17. The molecule has 1 amide bonds. The molecule has 0 aliphatic rings. The average Bonchev–Trinajstić information content (AvgIpc) is 2.82. The van der Waals surface area contributed by atoms with E-state index in [4.69, 9.17) is 5.11 Å². The van der Waals surface area contributed by atoms with Crippen LogP contribution in [0.2, 0.25) is 0 Å². The Morgan fingerprint density at radius 3 is 2.57 bits per heavy atom. The van der Waals surface area contributed by atoms with E-state index in [9.17, 15) is 9.59 Å². The highest BCUT2D eigenvalue weighted by Crippen LogP contribution is 2.23. The fourth-order valence-electron chi connectivity index (χ4n) is 2.45. The zero-order valence-electron chi connectivity index (χ0n) is 12.6. The van der Waals surface area contributed by atoms with Crippen molar-refractivity contribution in [3.8, 4) is 0 Å². The van der Waals surface area contributed by atoms with Gasteiger partial charge in [-0.15, -0.1) is 0 Å². The smallest absolute Gasteiger partial charge is 0.335 e. The van der Waals surface area contributed by atoms with E-state index in [0.717, 1.165) is 11.3 Å². The van der Waals surface area contributed by atoms with E-state index in [0.29, 0.717) is 11.9 Å². The quantitative estimate of drug-likeness (QED) is 0.933. The predicted octanol–water partition coefficient (Wildman–Crippen LogP) is 1.95. The predicted molar refractivity (Wildman–Crippen MR) is 79.5 cm³/mol. The van der Waals surface area contributed by atoms with Crippen LogP contribution < -0.4 is 0 Å². The Bertz CT molecular complexity index is 703. The molecule has 1 unspecified atom stereocenters. The van der Waals surface area contributed by atoms with E-state index >= 15 is 0 Å². The summed E-state index contributed by atoms with van der Waals surface area (Å²) in [6.07, 6.45) is 0.669. The first-order valence-electron chi connectivity index (χ1n) is 6.82. The van der Waals surface area contributed by atoms with Gasteiger partial charge in [0.05, 0.1) is 16.6 Å². The summed E-state index contributed by atoms with van der Waals surface area (Å²) in [7, 11) is 3.43. The molecule has 1 heterocycles. The molecular formula is C15H19N3O3. The van der Waals surface area contributed by atoms with Crippen LogP contribution in [0.15, 0.2) is 18.2 Å². The standard InChI is InChI=1S/C15H19N3O3/c1-5-13-16-11-8-10(15(20)21)6-7-12(11)18(13)9(2)14(19)17(3)4/h6-9H,5H2,1-4H3,(H,20,21). The number of amides is 1. The van der Waals surface area contributed by atoms with Gasteiger partial charge in [0, 0.05) is 20.5 Å². The van der Waals surface area contributed by atoms with Crippen molar-refractivity contribution in [2.24, 2.45) is 0 Å². The number of aryl methyl sites for hydroxylation is 1. The van der Waals surface area contributed by atoms with Gasteiger partial charge >= 0.3 is 5.97 Å².